The molecule has 1 aromatic heterocycles. The summed E-state index contributed by atoms with van der Waals surface area (Å²) in [6.07, 6.45) is 2.10. The van der Waals surface area contributed by atoms with Crippen LogP contribution in [0.5, 0.6) is 0 Å². The Hall–Kier alpha value is -0.420. The Labute approximate surface area is 102 Å². The monoisotopic (exact) mass is 243 g/mol. The number of methoxy groups -OCH3 is 1. The van der Waals surface area contributed by atoms with Crippen LogP contribution in [0.1, 0.15) is 11.3 Å². The SMILES string of the molecule is COCCNCCCOCCc1cccs1. The molecule has 92 valence electrons. The molecule has 1 aromatic rings. The Morgan fingerprint density at radius 3 is 2.94 bits per heavy atom. The first-order valence-corrected chi connectivity index (χ1v) is 6.61. The molecule has 1 heterocycles. The van der Waals surface area contributed by atoms with Gasteiger partial charge in [0.05, 0.1) is 13.2 Å². The molecule has 4 heteroatoms. The molecule has 16 heavy (non-hydrogen) atoms. The molecule has 0 aliphatic heterocycles. The van der Waals surface area contributed by atoms with E-state index in [0.29, 0.717) is 0 Å². The van der Waals surface area contributed by atoms with E-state index >= 15 is 0 Å². The largest absolute Gasteiger partial charge is 0.383 e. The van der Waals surface area contributed by atoms with Gasteiger partial charge in [-0.3, -0.25) is 0 Å². The lowest BCUT2D eigenvalue weighted by Crippen LogP contribution is -2.21. The number of hydrogen-bond acceptors (Lipinski definition) is 4. The van der Waals surface area contributed by atoms with Crippen molar-refractivity contribution in [2.75, 3.05) is 40.0 Å². The van der Waals surface area contributed by atoms with Crippen molar-refractivity contribution in [2.45, 2.75) is 12.8 Å². The summed E-state index contributed by atoms with van der Waals surface area (Å²) in [5.41, 5.74) is 0. The normalized spacial score (nSPS) is 10.8. The molecule has 0 spiro atoms. The minimum absolute atomic E-state index is 0.777. The molecular weight excluding hydrogens is 222 g/mol. The predicted octanol–water partition coefficient (Wildman–Crippen LogP) is 1.93. The van der Waals surface area contributed by atoms with E-state index in [4.69, 9.17) is 9.47 Å². The summed E-state index contributed by atoms with van der Waals surface area (Å²) in [6.45, 7) is 4.37. The average molecular weight is 243 g/mol. The average Bonchev–Trinajstić information content (AvgIpc) is 2.80. The van der Waals surface area contributed by atoms with Crippen LogP contribution in [0, 0.1) is 0 Å². The van der Waals surface area contributed by atoms with Crippen LogP contribution in [0.2, 0.25) is 0 Å². The van der Waals surface area contributed by atoms with E-state index in [1.165, 1.54) is 4.88 Å². The standard InChI is InChI=1S/C12H21NO2S/c1-14-10-7-13-6-3-8-15-9-5-12-4-2-11-16-12/h2,4,11,13H,3,5-10H2,1H3. The lowest BCUT2D eigenvalue weighted by Gasteiger charge is -2.05. The second-order valence-corrected chi connectivity index (χ2v) is 4.57. The summed E-state index contributed by atoms with van der Waals surface area (Å²) in [4.78, 5) is 1.40. The first-order chi connectivity index (χ1) is 7.93. The van der Waals surface area contributed by atoms with Gasteiger partial charge in [0.2, 0.25) is 0 Å². The Morgan fingerprint density at radius 1 is 1.25 bits per heavy atom. The van der Waals surface area contributed by atoms with E-state index in [-0.39, 0.29) is 0 Å². The molecule has 1 N–H and O–H groups in total. The summed E-state index contributed by atoms with van der Waals surface area (Å²) < 4.78 is 10.5. The second-order valence-electron chi connectivity index (χ2n) is 3.54. The molecule has 0 aliphatic rings. The maximum absolute atomic E-state index is 5.55. The van der Waals surface area contributed by atoms with E-state index in [0.717, 1.165) is 45.8 Å². The Bertz CT molecular complexity index is 239. The molecule has 0 saturated carbocycles. The summed E-state index contributed by atoms with van der Waals surface area (Å²) in [5.74, 6) is 0. The Balaban J connectivity index is 1.78. The van der Waals surface area contributed by atoms with Crippen molar-refractivity contribution in [3.63, 3.8) is 0 Å². The molecule has 3 nitrogen and oxygen atoms in total. The van der Waals surface area contributed by atoms with E-state index in [2.05, 4.69) is 22.8 Å². The molecule has 1 rings (SSSR count). The molecule has 0 amide bonds. The van der Waals surface area contributed by atoms with Crippen molar-refractivity contribution in [3.05, 3.63) is 22.4 Å². The van der Waals surface area contributed by atoms with E-state index in [1.807, 2.05) is 0 Å². The molecular formula is C12H21NO2S. The zero-order chi connectivity index (χ0) is 11.5. The highest BCUT2D eigenvalue weighted by Crippen LogP contribution is 2.08. The minimum Gasteiger partial charge on any atom is -0.383 e. The van der Waals surface area contributed by atoms with Crippen molar-refractivity contribution >= 4 is 11.3 Å². The van der Waals surface area contributed by atoms with Crippen molar-refractivity contribution < 1.29 is 9.47 Å². The summed E-state index contributed by atoms with van der Waals surface area (Å²) in [6, 6.07) is 4.24. The van der Waals surface area contributed by atoms with Crippen LogP contribution in [0.4, 0.5) is 0 Å². The lowest BCUT2D eigenvalue weighted by atomic mass is 10.3. The Morgan fingerprint density at radius 2 is 2.19 bits per heavy atom. The summed E-state index contributed by atoms with van der Waals surface area (Å²) in [7, 11) is 1.72. The fraction of sp³-hybridized carbons (Fsp3) is 0.667. The van der Waals surface area contributed by atoms with Crippen molar-refractivity contribution in [1.82, 2.24) is 5.32 Å². The van der Waals surface area contributed by atoms with Crippen LogP contribution < -0.4 is 5.32 Å². The van der Waals surface area contributed by atoms with Crippen molar-refractivity contribution in [1.29, 1.82) is 0 Å². The van der Waals surface area contributed by atoms with Gasteiger partial charge in [0.1, 0.15) is 0 Å². The van der Waals surface area contributed by atoms with Gasteiger partial charge in [-0.25, -0.2) is 0 Å². The highest BCUT2D eigenvalue weighted by Gasteiger charge is 1.94. The van der Waals surface area contributed by atoms with Crippen LogP contribution in [-0.2, 0) is 15.9 Å². The molecule has 0 bridgehead atoms. The van der Waals surface area contributed by atoms with Crippen molar-refractivity contribution in [2.24, 2.45) is 0 Å². The van der Waals surface area contributed by atoms with E-state index in [1.54, 1.807) is 18.4 Å². The van der Waals surface area contributed by atoms with Crippen LogP contribution in [0.25, 0.3) is 0 Å². The zero-order valence-corrected chi connectivity index (χ0v) is 10.7. The highest BCUT2D eigenvalue weighted by molar-refractivity contribution is 7.09. The molecule has 0 unspecified atom stereocenters. The molecule has 0 aliphatic carbocycles. The van der Waals surface area contributed by atoms with E-state index in [9.17, 15) is 0 Å². The third kappa shape index (κ3) is 6.95. The van der Waals surface area contributed by atoms with Gasteiger partial charge >= 0.3 is 0 Å². The molecule has 0 saturated heterocycles. The number of rotatable bonds is 10. The van der Waals surface area contributed by atoms with Crippen LogP contribution in [0.3, 0.4) is 0 Å². The molecule has 0 aromatic carbocycles. The smallest absolute Gasteiger partial charge is 0.0587 e. The lowest BCUT2D eigenvalue weighted by molar-refractivity contribution is 0.134. The van der Waals surface area contributed by atoms with Gasteiger partial charge in [0.15, 0.2) is 0 Å². The molecule has 0 radical (unpaired) electrons. The third-order valence-electron chi connectivity index (χ3n) is 2.20. The maximum atomic E-state index is 5.55. The van der Waals surface area contributed by atoms with Gasteiger partial charge in [-0.1, -0.05) is 6.07 Å². The minimum atomic E-state index is 0.777. The van der Waals surface area contributed by atoms with Gasteiger partial charge in [0, 0.05) is 31.6 Å². The van der Waals surface area contributed by atoms with Crippen LogP contribution >= 0.6 is 11.3 Å². The van der Waals surface area contributed by atoms with Gasteiger partial charge in [-0.05, 0) is 24.4 Å². The van der Waals surface area contributed by atoms with Crippen molar-refractivity contribution in [3.8, 4) is 0 Å². The Kier molecular flexibility index (Phi) is 8.34. The van der Waals surface area contributed by atoms with Gasteiger partial charge < -0.3 is 14.8 Å². The maximum Gasteiger partial charge on any atom is 0.0587 e. The first kappa shape index (κ1) is 13.6. The molecule has 0 atom stereocenters. The number of hydrogen-bond donors (Lipinski definition) is 1. The van der Waals surface area contributed by atoms with Crippen LogP contribution in [-0.4, -0.2) is 40.0 Å². The van der Waals surface area contributed by atoms with Crippen LogP contribution in [0.15, 0.2) is 17.5 Å². The summed E-state index contributed by atoms with van der Waals surface area (Å²) in [5, 5.41) is 5.39. The zero-order valence-electron chi connectivity index (χ0n) is 9.91. The third-order valence-corrected chi connectivity index (χ3v) is 3.13. The predicted molar refractivity (Wildman–Crippen MR) is 68.2 cm³/mol. The first-order valence-electron chi connectivity index (χ1n) is 5.73. The van der Waals surface area contributed by atoms with E-state index < -0.39 is 0 Å². The fourth-order valence-electron chi connectivity index (χ4n) is 1.33. The topological polar surface area (TPSA) is 30.5 Å². The van der Waals surface area contributed by atoms with Gasteiger partial charge in [-0.2, -0.15) is 0 Å². The van der Waals surface area contributed by atoms with Gasteiger partial charge in [0.25, 0.3) is 0 Å². The van der Waals surface area contributed by atoms with Gasteiger partial charge in [-0.15, -0.1) is 11.3 Å². The summed E-state index contributed by atoms with van der Waals surface area (Å²) >= 11 is 1.79. The molecule has 0 fully saturated rings. The number of nitrogens with one attached hydrogen (secondary N) is 1. The number of thiophene rings is 1. The fourth-order valence-corrected chi connectivity index (χ4v) is 2.02. The second kappa shape index (κ2) is 9.78. The quantitative estimate of drug-likeness (QED) is 0.637. The number of ether oxygens (including phenoxy) is 2. The highest BCUT2D eigenvalue weighted by atomic mass is 32.1.